The van der Waals surface area contributed by atoms with E-state index in [1.54, 1.807) is 18.2 Å². The Morgan fingerprint density at radius 3 is 2.31 bits per heavy atom. The highest BCUT2D eigenvalue weighted by molar-refractivity contribution is 7.92. The molecule has 7 heteroatoms. The lowest BCUT2D eigenvalue weighted by Crippen LogP contribution is -2.13. The molecule has 129 valence electrons. The number of rotatable bonds is 4. The van der Waals surface area contributed by atoms with Crippen molar-refractivity contribution in [1.29, 1.82) is 0 Å². The SMILES string of the molecule is [O]c1ccc(S(=O)(=O)Nc2ccccc2-c2nc3ccccc3[nH]2)cc1. The molecule has 0 spiro atoms. The molecule has 0 aliphatic heterocycles. The maximum atomic E-state index is 12.6. The van der Waals surface area contributed by atoms with Crippen LogP contribution in [0.3, 0.4) is 0 Å². The van der Waals surface area contributed by atoms with Gasteiger partial charge in [0.1, 0.15) is 5.82 Å². The minimum absolute atomic E-state index is 0.0245. The first-order chi connectivity index (χ1) is 12.5. The molecule has 0 saturated heterocycles. The first kappa shape index (κ1) is 16.2. The first-order valence-electron chi connectivity index (χ1n) is 7.87. The molecule has 6 nitrogen and oxygen atoms in total. The van der Waals surface area contributed by atoms with Gasteiger partial charge >= 0.3 is 0 Å². The van der Waals surface area contributed by atoms with Crippen LogP contribution in [-0.2, 0) is 15.1 Å². The van der Waals surface area contributed by atoms with Crippen molar-refractivity contribution in [2.24, 2.45) is 0 Å². The fourth-order valence-corrected chi connectivity index (χ4v) is 3.76. The maximum Gasteiger partial charge on any atom is 0.261 e. The summed E-state index contributed by atoms with van der Waals surface area (Å²) in [5.74, 6) is 0.325. The van der Waals surface area contributed by atoms with Gasteiger partial charge in [-0.2, -0.15) is 0 Å². The van der Waals surface area contributed by atoms with Crippen LogP contribution in [0.25, 0.3) is 22.4 Å². The molecule has 3 aromatic carbocycles. The van der Waals surface area contributed by atoms with Crippen LogP contribution in [0.5, 0.6) is 5.75 Å². The highest BCUT2D eigenvalue weighted by Gasteiger charge is 2.18. The van der Waals surface area contributed by atoms with Gasteiger partial charge in [0.05, 0.1) is 21.6 Å². The van der Waals surface area contributed by atoms with E-state index in [0.717, 1.165) is 11.0 Å². The van der Waals surface area contributed by atoms with Crippen LogP contribution < -0.4 is 4.72 Å². The van der Waals surface area contributed by atoms with E-state index in [1.807, 2.05) is 30.3 Å². The Bertz CT molecular complexity index is 1150. The Morgan fingerprint density at radius 2 is 1.54 bits per heavy atom. The molecule has 1 heterocycles. The van der Waals surface area contributed by atoms with Crippen molar-refractivity contribution in [2.75, 3.05) is 4.72 Å². The predicted molar refractivity (Wildman–Crippen MR) is 98.9 cm³/mol. The Morgan fingerprint density at radius 1 is 0.846 bits per heavy atom. The number of aromatic amines is 1. The van der Waals surface area contributed by atoms with Crippen LogP contribution in [-0.4, -0.2) is 18.4 Å². The van der Waals surface area contributed by atoms with Crippen molar-refractivity contribution in [1.82, 2.24) is 9.97 Å². The number of nitrogens with one attached hydrogen (secondary N) is 2. The second-order valence-electron chi connectivity index (χ2n) is 5.73. The lowest BCUT2D eigenvalue weighted by Gasteiger charge is -2.11. The van der Waals surface area contributed by atoms with Crippen LogP contribution >= 0.6 is 0 Å². The quantitative estimate of drug-likeness (QED) is 0.569. The van der Waals surface area contributed by atoms with E-state index >= 15 is 0 Å². The fourth-order valence-electron chi connectivity index (χ4n) is 2.68. The van der Waals surface area contributed by atoms with E-state index in [4.69, 9.17) is 0 Å². The van der Waals surface area contributed by atoms with Crippen LogP contribution in [0.2, 0.25) is 0 Å². The molecule has 0 aliphatic carbocycles. The van der Waals surface area contributed by atoms with E-state index in [-0.39, 0.29) is 10.6 Å². The summed E-state index contributed by atoms with van der Waals surface area (Å²) >= 11 is 0. The highest BCUT2D eigenvalue weighted by Crippen LogP contribution is 2.29. The summed E-state index contributed by atoms with van der Waals surface area (Å²) in [5, 5.41) is 11.2. The number of aromatic nitrogens is 2. The molecule has 0 saturated carbocycles. The van der Waals surface area contributed by atoms with Gasteiger partial charge < -0.3 is 4.98 Å². The van der Waals surface area contributed by atoms with Crippen molar-refractivity contribution in [3.63, 3.8) is 0 Å². The third-order valence-electron chi connectivity index (χ3n) is 3.95. The number of benzene rings is 3. The van der Waals surface area contributed by atoms with Gasteiger partial charge in [0.2, 0.25) is 0 Å². The lowest BCUT2D eigenvalue weighted by atomic mass is 10.2. The fraction of sp³-hybridized carbons (Fsp3) is 0. The van der Waals surface area contributed by atoms with Gasteiger partial charge in [0.25, 0.3) is 10.0 Å². The van der Waals surface area contributed by atoms with Crippen molar-refractivity contribution in [3.05, 3.63) is 72.8 Å². The van der Waals surface area contributed by atoms with E-state index in [0.29, 0.717) is 17.1 Å². The van der Waals surface area contributed by atoms with Gasteiger partial charge in [-0.15, -0.1) is 0 Å². The number of hydrogen-bond acceptors (Lipinski definition) is 3. The average Bonchev–Trinajstić information content (AvgIpc) is 3.06. The summed E-state index contributed by atoms with van der Waals surface area (Å²) in [7, 11) is -3.82. The second-order valence-corrected chi connectivity index (χ2v) is 7.41. The topological polar surface area (TPSA) is 94.8 Å². The minimum atomic E-state index is -3.82. The molecular formula is C19H14N3O3S. The van der Waals surface area contributed by atoms with Crippen molar-refractivity contribution in [2.45, 2.75) is 4.90 Å². The van der Waals surface area contributed by atoms with E-state index in [1.165, 1.54) is 24.3 Å². The van der Waals surface area contributed by atoms with Gasteiger partial charge in [-0.1, -0.05) is 24.3 Å². The molecule has 4 rings (SSSR count). The Kier molecular flexibility index (Phi) is 3.85. The normalized spacial score (nSPS) is 11.5. The van der Waals surface area contributed by atoms with Crippen molar-refractivity contribution < 1.29 is 13.5 Å². The molecule has 0 aliphatic rings. The molecule has 1 radical (unpaired) electrons. The van der Waals surface area contributed by atoms with Gasteiger partial charge in [-0.05, 0) is 48.5 Å². The van der Waals surface area contributed by atoms with Gasteiger partial charge in [-0.25, -0.2) is 13.4 Å². The molecule has 0 atom stereocenters. The number of H-pyrrole nitrogens is 1. The molecule has 0 amide bonds. The van der Waals surface area contributed by atoms with E-state index < -0.39 is 10.0 Å². The van der Waals surface area contributed by atoms with Gasteiger partial charge in [0, 0.05) is 5.56 Å². The standard InChI is InChI=1S/C19H14N3O3S/c23-13-9-11-14(12-10-13)26(24,25)22-16-6-2-1-5-15(16)19-20-17-7-3-4-8-18(17)21-19/h1-12,22H,(H,20,21). The Balaban J connectivity index is 1.75. The second kappa shape index (κ2) is 6.20. The van der Waals surface area contributed by atoms with Crippen LogP contribution in [0.4, 0.5) is 5.69 Å². The Hall–Kier alpha value is -3.32. The number of sulfonamides is 1. The maximum absolute atomic E-state index is 12.6. The summed E-state index contributed by atoms with van der Waals surface area (Å²) in [5.41, 5.74) is 2.70. The average molecular weight is 364 g/mol. The molecule has 2 N–H and O–H groups in total. The number of nitrogens with zero attached hydrogens (tertiary/aromatic N) is 1. The number of hydrogen-bond donors (Lipinski definition) is 2. The summed E-state index contributed by atoms with van der Waals surface area (Å²) in [4.78, 5) is 7.75. The Labute approximate surface area is 150 Å². The molecule has 0 unspecified atom stereocenters. The predicted octanol–water partition coefficient (Wildman–Crippen LogP) is 4.17. The molecule has 1 aromatic heterocycles. The molecule has 0 bridgehead atoms. The van der Waals surface area contributed by atoms with Crippen LogP contribution in [0.15, 0.2) is 77.7 Å². The molecule has 0 fully saturated rings. The third kappa shape index (κ3) is 3.00. The first-order valence-corrected chi connectivity index (χ1v) is 9.35. The van der Waals surface area contributed by atoms with E-state index in [9.17, 15) is 13.5 Å². The van der Waals surface area contributed by atoms with Crippen molar-refractivity contribution in [3.8, 4) is 17.1 Å². The molecule has 4 aromatic rings. The molecule has 26 heavy (non-hydrogen) atoms. The smallest absolute Gasteiger partial charge is 0.261 e. The number of fused-ring (bicyclic) bond motifs is 1. The summed E-state index contributed by atoms with van der Waals surface area (Å²) in [6.07, 6.45) is 0. The highest BCUT2D eigenvalue weighted by atomic mass is 32.2. The number of imidazole rings is 1. The lowest BCUT2D eigenvalue weighted by molar-refractivity contribution is 0.354. The van der Waals surface area contributed by atoms with Gasteiger partial charge in [0.15, 0.2) is 5.75 Å². The van der Waals surface area contributed by atoms with Gasteiger partial charge in [-0.3, -0.25) is 9.83 Å². The molecular weight excluding hydrogens is 350 g/mol. The summed E-state index contributed by atoms with van der Waals surface area (Å²) < 4.78 is 27.8. The number of para-hydroxylation sites is 3. The minimum Gasteiger partial charge on any atom is -0.338 e. The summed E-state index contributed by atoms with van der Waals surface area (Å²) in [6, 6.07) is 19.6. The zero-order valence-electron chi connectivity index (χ0n) is 13.5. The van der Waals surface area contributed by atoms with Crippen LogP contribution in [0, 0.1) is 0 Å². The van der Waals surface area contributed by atoms with E-state index in [2.05, 4.69) is 14.7 Å². The monoisotopic (exact) mass is 364 g/mol. The third-order valence-corrected chi connectivity index (χ3v) is 5.33. The zero-order valence-corrected chi connectivity index (χ0v) is 14.3. The number of anilines is 1. The van der Waals surface area contributed by atoms with Crippen LogP contribution in [0.1, 0.15) is 0 Å². The summed E-state index contributed by atoms with van der Waals surface area (Å²) in [6.45, 7) is 0. The largest absolute Gasteiger partial charge is 0.338 e. The zero-order chi connectivity index (χ0) is 18.1. The van der Waals surface area contributed by atoms with Crippen molar-refractivity contribution >= 4 is 26.7 Å².